The van der Waals surface area contributed by atoms with Crippen LogP contribution in [-0.4, -0.2) is 26.2 Å². The summed E-state index contributed by atoms with van der Waals surface area (Å²) in [4.78, 5) is 0. The molecular formula is C8H22N2. The first-order valence-electron chi connectivity index (χ1n) is 3.89. The molecule has 0 fully saturated rings. The van der Waals surface area contributed by atoms with Crippen molar-refractivity contribution in [1.29, 1.82) is 0 Å². The molecule has 0 aliphatic heterocycles. The first-order valence-corrected chi connectivity index (χ1v) is 3.89. The van der Waals surface area contributed by atoms with E-state index < -0.39 is 0 Å². The minimum atomic E-state index is 0.634. The summed E-state index contributed by atoms with van der Waals surface area (Å²) in [6.07, 6.45) is 0. The van der Waals surface area contributed by atoms with Crippen LogP contribution in [0.1, 0.15) is 27.7 Å². The summed E-state index contributed by atoms with van der Waals surface area (Å²) in [5.41, 5.74) is 0. The second-order valence-corrected chi connectivity index (χ2v) is 2.89. The summed E-state index contributed by atoms with van der Waals surface area (Å²) >= 11 is 0. The highest BCUT2D eigenvalue weighted by Gasteiger charge is 1.77. The molecule has 0 unspecified atom stereocenters. The maximum absolute atomic E-state index is 3.03. The summed E-state index contributed by atoms with van der Waals surface area (Å²) in [6, 6.07) is 1.27. The van der Waals surface area contributed by atoms with Crippen LogP contribution >= 0.6 is 0 Å². The second-order valence-electron chi connectivity index (χ2n) is 2.89. The minimum Gasteiger partial charge on any atom is -0.318 e. The molecule has 0 aromatic heterocycles. The average Bonchev–Trinajstić information content (AvgIpc) is 1.89. The van der Waals surface area contributed by atoms with Crippen molar-refractivity contribution in [3.63, 3.8) is 0 Å². The van der Waals surface area contributed by atoms with E-state index in [1.54, 1.807) is 0 Å². The van der Waals surface area contributed by atoms with E-state index >= 15 is 0 Å². The molecule has 0 aromatic carbocycles. The predicted octanol–water partition coefficient (Wildman–Crippen LogP) is 1.23. The minimum absolute atomic E-state index is 0.634. The highest BCUT2D eigenvalue weighted by atomic mass is 14.8. The quantitative estimate of drug-likeness (QED) is 0.612. The Morgan fingerprint density at radius 3 is 0.800 bits per heavy atom. The van der Waals surface area contributed by atoms with Crippen LogP contribution in [-0.2, 0) is 0 Å². The Hall–Kier alpha value is -0.0800. The van der Waals surface area contributed by atoms with Crippen molar-refractivity contribution in [1.82, 2.24) is 10.6 Å². The third-order valence-corrected chi connectivity index (χ3v) is 1.15. The Morgan fingerprint density at radius 2 is 0.800 bits per heavy atom. The van der Waals surface area contributed by atoms with Crippen LogP contribution < -0.4 is 10.6 Å². The van der Waals surface area contributed by atoms with Gasteiger partial charge in [0.1, 0.15) is 0 Å². The highest BCUT2D eigenvalue weighted by Crippen LogP contribution is 1.67. The van der Waals surface area contributed by atoms with Crippen LogP contribution in [0, 0.1) is 0 Å². The molecule has 2 nitrogen and oxygen atoms in total. The lowest BCUT2D eigenvalue weighted by molar-refractivity contribution is 0.668. The maximum atomic E-state index is 3.03. The van der Waals surface area contributed by atoms with E-state index in [9.17, 15) is 0 Å². The van der Waals surface area contributed by atoms with Crippen molar-refractivity contribution < 1.29 is 0 Å². The molecule has 10 heavy (non-hydrogen) atoms. The topological polar surface area (TPSA) is 24.1 Å². The molecule has 0 saturated carbocycles. The Morgan fingerprint density at radius 1 is 0.700 bits per heavy atom. The standard InChI is InChI=1S/2C4H11N/c2*1-4(2)5-3/h2*4-5H,1-3H3. The second kappa shape index (κ2) is 8.92. The molecule has 2 heteroatoms. The van der Waals surface area contributed by atoms with Gasteiger partial charge in [0.25, 0.3) is 0 Å². The summed E-state index contributed by atoms with van der Waals surface area (Å²) in [5.74, 6) is 0. The molecule has 0 aliphatic carbocycles. The third-order valence-electron chi connectivity index (χ3n) is 1.15. The Bertz CT molecular complexity index is 43.2. The van der Waals surface area contributed by atoms with Crippen molar-refractivity contribution >= 4 is 0 Å². The molecule has 0 bridgehead atoms. The Kier molecular flexibility index (Phi) is 11.2. The highest BCUT2D eigenvalue weighted by molar-refractivity contribution is 4.41. The summed E-state index contributed by atoms with van der Waals surface area (Å²) in [6.45, 7) is 8.44. The zero-order chi connectivity index (χ0) is 8.57. The van der Waals surface area contributed by atoms with Gasteiger partial charge in [-0.1, -0.05) is 27.7 Å². The first-order chi connectivity index (χ1) is 4.54. The van der Waals surface area contributed by atoms with Crippen LogP contribution in [0.2, 0.25) is 0 Å². The van der Waals surface area contributed by atoms with Crippen molar-refractivity contribution in [2.45, 2.75) is 39.8 Å². The molecular weight excluding hydrogens is 124 g/mol. The number of nitrogens with one attached hydrogen (secondary N) is 2. The number of hydrogen-bond acceptors (Lipinski definition) is 2. The van der Waals surface area contributed by atoms with E-state index in [4.69, 9.17) is 0 Å². The fraction of sp³-hybridized carbons (Fsp3) is 1.00. The van der Waals surface area contributed by atoms with Gasteiger partial charge in [0, 0.05) is 12.1 Å². The lowest BCUT2D eigenvalue weighted by atomic mass is 10.4. The molecule has 0 rings (SSSR count). The van der Waals surface area contributed by atoms with Crippen LogP contribution in [0.3, 0.4) is 0 Å². The number of rotatable bonds is 2. The predicted molar refractivity (Wildman–Crippen MR) is 48.4 cm³/mol. The monoisotopic (exact) mass is 146 g/mol. The zero-order valence-corrected chi connectivity index (χ0v) is 8.15. The Labute approximate surface area is 65.4 Å². The van der Waals surface area contributed by atoms with Gasteiger partial charge in [-0.2, -0.15) is 0 Å². The van der Waals surface area contributed by atoms with Gasteiger partial charge in [-0.3, -0.25) is 0 Å². The van der Waals surface area contributed by atoms with E-state index in [1.807, 2.05) is 14.1 Å². The first kappa shape index (κ1) is 12.6. The van der Waals surface area contributed by atoms with Gasteiger partial charge >= 0.3 is 0 Å². The van der Waals surface area contributed by atoms with Crippen molar-refractivity contribution in [2.24, 2.45) is 0 Å². The molecule has 0 heterocycles. The van der Waals surface area contributed by atoms with Crippen molar-refractivity contribution in [3.8, 4) is 0 Å². The van der Waals surface area contributed by atoms with Gasteiger partial charge in [0.2, 0.25) is 0 Å². The van der Waals surface area contributed by atoms with E-state index in [-0.39, 0.29) is 0 Å². The molecule has 2 N–H and O–H groups in total. The molecule has 0 spiro atoms. The van der Waals surface area contributed by atoms with Crippen molar-refractivity contribution in [3.05, 3.63) is 0 Å². The maximum Gasteiger partial charge on any atom is 0.000733 e. The largest absolute Gasteiger partial charge is 0.318 e. The summed E-state index contributed by atoms with van der Waals surface area (Å²) < 4.78 is 0. The summed E-state index contributed by atoms with van der Waals surface area (Å²) in [5, 5.41) is 6.06. The van der Waals surface area contributed by atoms with Gasteiger partial charge in [0.15, 0.2) is 0 Å². The lowest BCUT2D eigenvalue weighted by Gasteiger charge is -1.95. The fourth-order valence-corrected chi connectivity index (χ4v) is 0. The van der Waals surface area contributed by atoms with Gasteiger partial charge in [-0.15, -0.1) is 0 Å². The third kappa shape index (κ3) is 24.7. The van der Waals surface area contributed by atoms with Crippen molar-refractivity contribution in [2.75, 3.05) is 14.1 Å². The summed E-state index contributed by atoms with van der Waals surface area (Å²) in [7, 11) is 3.90. The zero-order valence-electron chi connectivity index (χ0n) is 8.15. The molecule has 0 amide bonds. The van der Waals surface area contributed by atoms with E-state index in [1.165, 1.54) is 0 Å². The van der Waals surface area contributed by atoms with Gasteiger partial charge < -0.3 is 10.6 Å². The smallest absolute Gasteiger partial charge is 0.000733 e. The molecule has 0 saturated heterocycles. The lowest BCUT2D eigenvalue weighted by Crippen LogP contribution is -2.15. The Balaban J connectivity index is 0. The van der Waals surface area contributed by atoms with Crippen LogP contribution in [0.4, 0.5) is 0 Å². The van der Waals surface area contributed by atoms with Crippen LogP contribution in [0.25, 0.3) is 0 Å². The molecule has 0 radical (unpaired) electrons. The van der Waals surface area contributed by atoms with E-state index in [0.29, 0.717) is 12.1 Å². The fourth-order valence-electron chi connectivity index (χ4n) is 0. The van der Waals surface area contributed by atoms with E-state index in [0.717, 1.165) is 0 Å². The van der Waals surface area contributed by atoms with Gasteiger partial charge in [-0.25, -0.2) is 0 Å². The molecule has 64 valence electrons. The van der Waals surface area contributed by atoms with Crippen LogP contribution in [0.5, 0.6) is 0 Å². The molecule has 0 aliphatic rings. The molecule has 0 aromatic rings. The molecule has 0 atom stereocenters. The average molecular weight is 146 g/mol. The van der Waals surface area contributed by atoms with Gasteiger partial charge in [0.05, 0.1) is 0 Å². The normalized spacial score (nSPS) is 9.60. The van der Waals surface area contributed by atoms with Crippen LogP contribution in [0.15, 0.2) is 0 Å². The SMILES string of the molecule is CNC(C)C.CNC(C)C. The van der Waals surface area contributed by atoms with Gasteiger partial charge in [-0.05, 0) is 14.1 Å². The number of hydrogen-bond donors (Lipinski definition) is 2. The van der Waals surface area contributed by atoms with E-state index in [2.05, 4.69) is 38.3 Å².